The fourth-order valence-electron chi connectivity index (χ4n) is 3.94. The predicted molar refractivity (Wildman–Crippen MR) is 124 cm³/mol. The van der Waals surface area contributed by atoms with E-state index in [4.69, 9.17) is 0 Å². The lowest BCUT2D eigenvalue weighted by Gasteiger charge is -2.12. The molecule has 0 amide bonds. The van der Waals surface area contributed by atoms with Crippen LogP contribution in [0.1, 0.15) is 11.3 Å². The molecule has 9 heteroatoms. The highest BCUT2D eigenvalue weighted by atomic mass is 32.2. The van der Waals surface area contributed by atoms with Gasteiger partial charge < -0.3 is 5.11 Å². The number of sulfone groups is 1. The number of carboxylic acids is 1. The molecule has 7 nitrogen and oxygen atoms in total. The molecule has 4 aromatic rings. The van der Waals surface area contributed by atoms with Crippen molar-refractivity contribution in [3.8, 4) is 11.3 Å². The van der Waals surface area contributed by atoms with Gasteiger partial charge in [0.1, 0.15) is 12.4 Å². The maximum absolute atomic E-state index is 13.3. The van der Waals surface area contributed by atoms with Gasteiger partial charge in [-0.25, -0.2) is 17.6 Å². The summed E-state index contributed by atoms with van der Waals surface area (Å²) in [6.45, 7) is 1.07. The Kier molecular flexibility index (Phi) is 6.21. The zero-order valence-electron chi connectivity index (χ0n) is 18.2. The molecule has 0 aliphatic carbocycles. The van der Waals surface area contributed by atoms with Gasteiger partial charge in [-0.1, -0.05) is 48.5 Å². The SMILES string of the molecule is Cc1c(-c2ccccc2)n(CC(=O)O)c(=O)n1Cc1ccccc1S(=O)(=O)c1ccc(F)cc1. The highest BCUT2D eigenvalue weighted by molar-refractivity contribution is 7.91. The number of hydrogen-bond acceptors (Lipinski definition) is 4. The van der Waals surface area contributed by atoms with Gasteiger partial charge in [0.2, 0.25) is 9.84 Å². The molecule has 0 saturated carbocycles. The van der Waals surface area contributed by atoms with E-state index in [0.29, 0.717) is 22.5 Å². The van der Waals surface area contributed by atoms with E-state index in [9.17, 15) is 27.5 Å². The average Bonchev–Trinajstić information content (AvgIpc) is 3.04. The molecule has 0 radical (unpaired) electrons. The smallest absolute Gasteiger partial charge is 0.329 e. The van der Waals surface area contributed by atoms with E-state index >= 15 is 0 Å². The van der Waals surface area contributed by atoms with Crippen LogP contribution >= 0.6 is 0 Å². The third kappa shape index (κ3) is 4.29. The summed E-state index contributed by atoms with van der Waals surface area (Å²) in [7, 11) is -3.99. The zero-order valence-corrected chi connectivity index (χ0v) is 19.0. The maximum atomic E-state index is 13.3. The predicted octanol–water partition coefficient (Wildman–Crippen LogP) is 3.73. The van der Waals surface area contributed by atoms with Crippen LogP contribution in [0.3, 0.4) is 0 Å². The largest absolute Gasteiger partial charge is 0.480 e. The summed E-state index contributed by atoms with van der Waals surface area (Å²) in [6, 6.07) is 19.7. The van der Waals surface area contributed by atoms with Crippen LogP contribution in [0.2, 0.25) is 0 Å². The van der Waals surface area contributed by atoms with Crippen LogP contribution < -0.4 is 5.69 Å². The number of carboxylic acid groups (broad SMARTS) is 1. The Morgan fingerprint density at radius 1 is 0.912 bits per heavy atom. The van der Waals surface area contributed by atoms with Crippen molar-refractivity contribution in [2.45, 2.75) is 29.8 Å². The molecule has 0 aliphatic heterocycles. The van der Waals surface area contributed by atoms with E-state index in [1.807, 2.05) is 6.07 Å². The molecule has 34 heavy (non-hydrogen) atoms. The van der Waals surface area contributed by atoms with Crippen LogP contribution in [0.25, 0.3) is 11.3 Å². The first-order valence-corrected chi connectivity index (χ1v) is 11.8. The van der Waals surface area contributed by atoms with Crippen LogP contribution in [-0.2, 0) is 27.7 Å². The van der Waals surface area contributed by atoms with Gasteiger partial charge in [0.15, 0.2) is 0 Å². The molecule has 3 aromatic carbocycles. The van der Waals surface area contributed by atoms with Crippen molar-refractivity contribution in [2.24, 2.45) is 0 Å². The van der Waals surface area contributed by atoms with Gasteiger partial charge in [-0.3, -0.25) is 13.9 Å². The number of aromatic nitrogens is 2. The van der Waals surface area contributed by atoms with Gasteiger partial charge in [0.25, 0.3) is 0 Å². The first-order valence-electron chi connectivity index (χ1n) is 10.4. The number of imidazole rings is 1. The van der Waals surface area contributed by atoms with Crippen LogP contribution in [0.4, 0.5) is 4.39 Å². The molecule has 0 fully saturated rings. The topological polar surface area (TPSA) is 98.4 Å². The Morgan fingerprint density at radius 3 is 2.18 bits per heavy atom. The second kappa shape index (κ2) is 9.11. The molecule has 1 heterocycles. The molecule has 0 bridgehead atoms. The third-order valence-corrected chi connectivity index (χ3v) is 7.40. The van der Waals surface area contributed by atoms with Crippen molar-refractivity contribution in [1.29, 1.82) is 0 Å². The average molecular weight is 481 g/mol. The molecule has 0 atom stereocenters. The number of nitrogens with zero attached hydrogens (tertiary/aromatic N) is 2. The molecule has 1 aromatic heterocycles. The highest BCUT2D eigenvalue weighted by Crippen LogP contribution is 2.27. The number of hydrogen-bond donors (Lipinski definition) is 1. The minimum Gasteiger partial charge on any atom is -0.480 e. The van der Waals surface area contributed by atoms with Gasteiger partial charge >= 0.3 is 11.7 Å². The van der Waals surface area contributed by atoms with Gasteiger partial charge in [-0.2, -0.15) is 0 Å². The van der Waals surface area contributed by atoms with Gasteiger partial charge in [-0.05, 0) is 42.8 Å². The summed E-state index contributed by atoms with van der Waals surface area (Å²) in [4.78, 5) is 24.7. The van der Waals surface area contributed by atoms with Crippen molar-refractivity contribution in [2.75, 3.05) is 0 Å². The molecule has 0 saturated heterocycles. The van der Waals surface area contributed by atoms with E-state index in [0.717, 1.165) is 12.1 Å². The Labute approximate surface area is 195 Å². The number of rotatable bonds is 7. The van der Waals surface area contributed by atoms with Crippen molar-refractivity contribution >= 4 is 15.8 Å². The minimum absolute atomic E-state index is 0.0137. The second-order valence-electron chi connectivity index (χ2n) is 7.71. The van der Waals surface area contributed by atoms with E-state index in [1.54, 1.807) is 49.4 Å². The highest BCUT2D eigenvalue weighted by Gasteiger charge is 2.24. The molecule has 0 unspecified atom stereocenters. The number of halogens is 1. The van der Waals surface area contributed by atoms with E-state index in [-0.39, 0.29) is 16.3 Å². The molecule has 4 rings (SSSR count). The summed E-state index contributed by atoms with van der Waals surface area (Å²) in [5.74, 6) is -1.72. The Bertz CT molecular complexity index is 1520. The number of aliphatic carboxylic acids is 1. The van der Waals surface area contributed by atoms with Gasteiger partial charge in [0.05, 0.1) is 22.0 Å². The molecular weight excluding hydrogens is 459 g/mol. The summed E-state index contributed by atoms with van der Waals surface area (Å²) in [6.07, 6.45) is 0. The Balaban J connectivity index is 1.85. The van der Waals surface area contributed by atoms with Gasteiger partial charge in [0, 0.05) is 11.3 Å². The summed E-state index contributed by atoms with van der Waals surface area (Å²) in [5.41, 5.74) is 1.42. The molecule has 174 valence electrons. The summed E-state index contributed by atoms with van der Waals surface area (Å²) in [5, 5.41) is 9.37. The standard InChI is InChI=1S/C25H21FN2O5S/c1-17-24(18-7-3-2-4-8-18)28(16-23(29)30)25(31)27(17)15-19-9-5-6-10-22(19)34(32,33)21-13-11-20(26)12-14-21/h2-14H,15-16H2,1H3,(H,29,30). The Morgan fingerprint density at radius 2 is 1.53 bits per heavy atom. The zero-order chi connectivity index (χ0) is 24.5. The quantitative estimate of drug-likeness (QED) is 0.407. The maximum Gasteiger partial charge on any atom is 0.329 e. The van der Waals surface area contributed by atoms with Crippen LogP contribution in [0, 0.1) is 12.7 Å². The normalized spacial score (nSPS) is 11.5. The van der Waals surface area contributed by atoms with Crippen LogP contribution in [-0.4, -0.2) is 28.6 Å². The van der Waals surface area contributed by atoms with Crippen LogP contribution in [0.15, 0.2) is 93.4 Å². The minimum atomic E-state index is -3.99. The first kappa shape index (κ1) is 23.2. The molecule has 1 N–H and O–H groups in total. The third-order valence-electron chi connectivity index (χ3n) is 5.53. The fourth-order valence-corrected chi connectivity index (χ4v) is 5.43. The lowest BCUT2D eigenvalue weighted by atomic mass is 10.1. The number of benzene rings is 3. The first-order chi connectivity index (χ1) is 16.2. The van der Waals surface area contributed by atoms with E-state index in [2.05, 4.69) is 0 Å². The molecule has 0 spiro atoms. The molecule has 0 aliphatic rings. The lowest BCUT2D eigenvalue weighted by Crippen LogP contribution is -2.28. The number of carbonyl (C=O) groups is 1. The molecular formula is C25H21FN2O5S. The fraction of sp³-hybridized carbons (Fsp3) is 0.120. The second-order valence-corrected chi connectivity index (χ2v) is 9.63. The monoisotopic (exact) mass is 480 g/mol. The van der Waals surface area contributed by atoms with Crippen LogP contribution in [0.5, 0.6) is 0 Å². The Hall–Kier alpha value is -3.98. The van der Waals surface area contributed by atoms with Crippen molar-refractivity contribution in [3.05, 3.63) is 106 Å². The van der Waals surface area contributed by atoms with E-state index < -0.39 is 33.9 Å². The van der Waals surface area contributed by atoms with Crippen molar-refractivity contribution < 1.29 is 22.7 Å². The van der Waals surface area contributed by atoms with Gasteiger partial charge in [-0.15, -0.1) is 0 Å². The lowest BCUT2D eigenvalue weighted by molar-refractivity contribution is -0.137. The van der Waals surface area contributed by atoms with Crippen molar-refractivity contribution in [3.63, 3.8) is 0 Å². The van der Waals surface area contributed by atoms with Crippen molar-refractivity contribution in [1.82, 2.24) is 9.13 Å². The van der Waals surface area contributed by atoms with E-state index in [1.165, 1.54) is 27.3 Å². The summed E-state index contributed by atoms with van der Waals surface area (Å²) < 4.78 is 42.4. The summed E-state index contributed by atoms with van der Waals surface area (Å²) >= 11 is 0.